The summed E-state index contributed by atoms with van der Waals surface area (Å²) in [7, 11) is 0. The molecule has 12 heteroatoms. The Hall–Kier alpha value is -2.73. The number of amides is 4. The fourth-order valence-electron chi connectivity index (χ4n) is 2.67. The van der Waals surface area contributed by atoms with Gasteiger partial charge in [-0.2, -0.15) is 0 Å². The average molecular weight is 445 g/mol. The highest BCUT2D eigenvalue weighted by Crippen LogP contribution is 2.07. The summed E-state index contributed by atoms with van der Waals surface area (Å²) in [5.41, 5.74) is 16.3. The number of carbonyl (C=O) groups is 5. The van der Waals surface area contributed by atoms with Crippen molar-refractivity contribution in [2.75, 3.05) is 13.1 Å². The van der Waals surface area contributed by atoms with E-state index >= 15 is 0 Å². The van der Waals surface area contributed by atoms with Crippen LogP contribution in [0.5, 0.6) is 0 Å². The zero-order valence-electron chi connectivity index (χ0n) is 18.2. The second-order valence-corrected chi connectivity index (χ2v) is 7.44. The molecule has 0 rings (SSSR count). The highest BCUT2D eigenvalue weighted by molar-refractivity contribution is 5.92. The van der Waals surface area contributed by atoms with E-state index in [1.54, 1.807) is 13.8 Å². The zero-order chi connectivity index (χ0) is 24.0. The van der Waals surface area contributed by atoms with Crippen LogP contribution in [-0.4, -0.2) is 65.9 Å². The third-order valence-electron chi connectivity index (χ3n) is 4.84. The lowest BCUT2D eigenvalue weighted by Crippen LogP contribution is -2.54. The standard InChI is InChI=1S/C19H36N6O6/c1-3-11(2)16(19(30)31)25-15(27)10-23-18(29)13(7-8-14(22)26)24-17(28)12(21)6-4-5-9-20/h11-13,16H,3-10,20-21H2,1-2H3,(H2,22,26)(H,23,29)(H,24,28)(H,25,27)(H,30,31). The number of carboxylic acid groups (broad SMARTS) is 1. The maximum atomic E-state index is 12.5. The second kappa shape index (κ2) is 15.1. The van der Waals surface area contributed by atoms with E-state index < -0.39 is 54.3 Å². The SMILES string of the molecule is CCC(C)C(NC(=O)CNC(=O)C(CCC(N)=O)NC(=O)C(N)CCCCN)C(=O)O. The highest BCUT2D eigenvalue weighted by Gasteiger charge is 2.27. The molecule has 0 aromatic rings. The molecule has 4 unspecified atom stereocenters. The number of unbranched alkanes of at least 4 members (excludes halogenated alkanes) is 1. The van der Waals surface area contributed by atoms with E-state index in [0.29, 0.717) is 32.2 Å². The first-order chi connectivity index (χ1) is 14.5. The lowest BCUT2D eigenvalue weighted by atomic mass is 9.99. The molecule has 0 bridgehead atoms. The molecule has 31 heavy (non-hydrogen) atoms. The van der Waals surface area contributed by atoms with Gasteiger partial charge in [0.15, 0.2) is 0 Å². The number of aliphatic carboxylic acids is 1. The van der Waals surface area contributed by atoms with Gasteiger partial charge in [0, 0.05) is 6.42 Å². The molecular formula is C19H36N6O6. The third-order valence-corrected chi connectivity index (χ3v) is 4.84. The molecule has 0 aromatic heterocycles. The van der Waals surface area contributed by atoms with Crippen molar-refractivity contribution in [1.82, 2.24) is 16.0 Å². The van der Waals surface area contributed by atoms with Gasteiger partial charge in [-0.25, -0.2) is 4.79 Å². The van der Waals surface area contributed by atoms with Gasteiger partial charge in [0.05, 0.1) is 12.6 Å². The second-order valence-electron chi connectivity index (χ2n) is 7.44. The summed E-state index contributed by atoms with van der Waals surface area (Å²) in [5, 5.41) is 16.4. The molecule has 0 spiro atoms. The molecule has 12 nitrogen and oxygen atoms in total. The Kier molecular flexibility index (Phi) is 13.8. The first-order valence-corrected chi connectivity index (χ1v) is 10.4. The number of nitrogens with two attached hydrogens (primary N) is 3. The van der Waals surface area contributed by atoms with E-state index in [0.717, 1.165) is 0 Å². The minimum atomic E-state index is -1.18. The van der Waals surface area contributed by atoms with Gasteiger partial charge in [-0.15, -0.1) is 0 Å². The van der Waals surface area contributed by atoms with Crippen LogP contribution in [0.15, 0.2) is 0 Å². The van der Waals surface area contributed by atoms with E-state index in [1.165, 1.54) is 0 Å². The van der Waals surface area contributed by atoms with E-state index in [1.807, 2.05) is 0 Å². The van der Waals surface area contributed by atoms with E-state index in [4.69, 9.17) is 17.2 Å². The number of carboxylic acids is 1. The normalized spacial score (nSPS) is 14.6. The Morgan fingerprint density at radius 2 is 1.65 bits per heavy atom. The monoisotopic (exact) mass is 444 g/mol. The highest BCUT2D eigenvalue weighted by atomic mass is 16.4. The molecule has 0 aliphatic rings. The molecule has 0 heterocycles. The third kappa shape index (κ3) is 11.9. The molecular weight excluding hydrogens is 408 g/mol. The number of hydrogen-bond donors (Lipinski definition) is 7. The van der Waals surface area contributed by atoms with Gasteiger partial charge in [-0.3, -0.25) is 19.2 Å². The maximum Gasteiger partial charge on any atom is 0.326 e. The first kappa shape index (κ1) is 28.3. The van der Waals surface area contributed by atoms with E-state index in [-0.39, 0.29) is 18.8 Å². The predicted molar refractivity (Wildman–Crippen MR) is 113 cm³/mol. The molecule has 4 amide bonds. The number of primary amides is 1. The van der Waals surface area contributed by atoms with Crippen LogP contribution in [0.3, 0.4) is 0 Å². The minimum absolute atomic E-state index is 0.0747. The smallest absolute Gasteiger partial charge is 0.326 e. The molecule has 0 saturated carbocycles. The molecule has 0 fully saturated rings. The van der Waals surface area contributed by atoms with Crippen molar-refractivity contribution in [3.05, 3.63) is 0 Å². The molecule has 0 aliphatic heterocycles. The number of carbonyl (C=O) groups excluding carboxylic acids is 4. The van der Waals surface area contributed by atoms with Crippen molar-refractivity contribution < 1.29 is 29.1 Å². The van der Waals surface area contributed by atoms with Crippen molar-refractivity contribution in [2.45, 2.75) is 70.5 Å². The molecule has 4 atom stereocenters. The zero-order valence-corrected chi connectivity index (χ0v) is 18.2. The van der Waals surface area contributed by atoms with Crippen LogP contribution < -0.4 is 33.2 Å². The van der Waals surface area contributed by atoms with Gasteiger partial charge in [0.1, 0.15) is 12.1 Å². The molecule has 0 aromatic carbocycles. The number of hydrogen-bond acceptors (Lipinski definition) is 7. The minimum Gasteiger partial charge on any atom is -0.480 e. The largest absolute Gasteiger partial charge is 0.480 e. The van der Waals surface area contributed by atoms with Crippen LogP contribution >= 0.6 is 0 Å². The van der Waals surface area contributed by atoms with Crippen LogP contribution in [0.1, 0.15) is 52.4 Å². The van der Waals surface area contributed by atoms with Gasteiger partial charge in [-0.1, -0.05) is 26.7 Å². The molecule has 0 saturated heterocycles. The summed E-state index contributed by atoms with van der Waals surface area (Å²) < 4.78 is 0. The molecule has 10 N–H and O–H groups in total. The Morgan fingerprint density at radius 3 is 2.16 bits per heavy atom. The van der Waals surface area contributed by atoms with Crippen molar-refractivity contribution in [3.63, 3.8) is 0 Å². The van der Waals surface area contributed by atoms with Crippen LogP contribution in [-0.2, 0) is 24.0 Å². The summed E-state index contributed by atoms with van der Waals surface area (Å²) in [6.07, 6.45) is 2.02. The van der Waals surface area contributed by atoms with Crippen LogP contribution in [0.4, 0.5) is 0 Å². The van der Waals surface area contributed by atoms with Gasteiger partial charge >= 0.3 is 5.97 Å². The molecule has 0 aliphatic carbocycles. The fourth-order valence-corrected chi connectivity index (χ4v) is 2.67. The summed E-state index contributed by atoms with van der Waals surface area (Å²) in [5.74, 6) is -4.12. The van der Waals surface area contributed by atoms with Gasteiger partial charge in [0.25, 0.3) is 0 Å². The van der Waals surface area contributed by atoms with Crippen LogP contribution in [0.2, 0.25) is 0 Å². The van der Waals surface area contributed by atoms with Crippen LogP contribution in [0, 0.1) is 5.92 Å². The maximum absolute atomic E-state index is 12.5. The Morgan fingerprint density at radius 1 is 1.00 bits per heavy atom. The van der Waals surface area contributed by atoms with Crippen LogP contribution in [0.25, 0.3) is 0 Å². The van der Waals surface area contributed by atoms with Crippen molar-refractivity contribution >= 4 is 29.6 Å². The molecule has 0 radical (unpaired) electrons. The summed E-state index contributed by atoms with van der Waals surface area (Å²) in [4.78, 5) is 59.2. The van der Waals surface area contributed by atoms with Crippen molar-refractivity contribution in [2.24, 2.45) is 23.1 Å². The van der Waals surface area contributed by atoms with Crippen molar-refractivity contribution in [3.8, 4) is 0 Å². The van der Waals surface area contributed by atoms with Gasteiger partial charge in [0.2, 0.25) is 23.6 Å². The quantitative estimate of drug-likeness (QED) is 0.131. The summed E-state index contributed by atoms with van der Waals surface area (Å²) in [6, 6.07) is -3.07. The van der Waals surface area contributed by atoms with Gasteiger partial charge < -0.3 is 38.3 Å². The van der Waals surface area contributed by atoms with Gasteiger partial charge in [-0.05, 0) is 31.7 Å². The predicted octanol–water partition coefficient (Wildman–Crippen LogP) is -2.08. The fraction of sp³-hybridized carbons (Fsp3) is 0.737. The lowest BCUT2D eigenvalue weighted by Gasteiger charge is -2.22. The molecule has 178 valence electrons. The van der Waals surface area contributed by atoms with E-state index in [9.17, 15) is 29.1 Å². The first-order valence-electron chi connectivity index (χ1n) is 10.4. The average Bonchev–Trinajstić information content (AvgIpc) is 2.71. The number of rotatable bonds is 16. The Bertz CT molecular complexity index is 629. The lowest BCUT2D eigenvalue weighted by molar-refractivity contribution is -0.143. The van der Waals surface area contributed by atoms with E-state index in [2.05, 4.69) is 16.0 Å². The Labute approximate surface area is 182 Å². The van der Waals surface area contributed by atoms with Crippen molar-refractivity contribution in [1.29, 1.82) is 0 Å². The topological polar surface area (TPSA) is 220 Å². The summed E-state index contributed by atoms with van der Waals surface area (Å²) in [6.45, 7) is 3.45. The number of nitrogens with one attached hydrogen (secondary N) is 3. The Balaban J connectivity index is 4.89. The summed E-state index contributed by atoms with van der Waals surface area (Å²) >= 11 is 0.